The van der Waals surface area contributed by atoms with Crippen molar-refractivity contribution in [2.45, 2.75) is 13.3 Å². The Balaban J connectivity index is 1.96. The van der Waals surface area contributed by atoms with Gasteiger partial charge in [-0.3, -0.25) is 4.79 Å². The first-order valence-corrected chi connectivity index (χ1v) is 6.25. The number of aryl methyl sites for hydroxylation is 1. The fourth-order valence-electron chi connectivity index (χ4n) is 1.79. The Morgan fingerprint density at radius 2 is 2.00 bits per heavy atom. The Kier molecular flexibility index (Phi) is 4.30. The summed E-state index contributed by atoms with van der Waals surface area (Å²) in [5.41, 5.74) is 4.82. The molecule has 0 fully saturated rings. The third kappa shape index (κ3) is 3.54. The lowest BCUT2D eigenvalue weighted by Crippen LogP contribution is -2.22. The summed E-state index contributed by atoms with van der Waals surface area (Å²) in [5, 5.41) is 4.02. The number of benzene rings is 1. The van der Waals surface area contributed by atoms with Gasteiger partial charge in [-0.05, 0) is 36.8 Å². The SMILES string of the molecule is C/C(=N/NC(=O)Cc1cccn1C)c1ccc(F)cc1. The fourth-order valence-corrected chi connectivity index (χ4v) is 1.79. The molecule has 0 radical (unpaired) electrons. The highest BCUT2D eigenvalue weighted by molar-refractivity contribution is 5.99. The average molecular weight is 273 g/mol. The summed E-state index contributed by atoms with van der Waals surface area (Å²) in [4.78, 5) is 11.8. The van der Waals surface area contributed by atoms with Crippen LogP contribution in [0.5, 0.6) is 0 Å². The minimum Gasteiger partial charge on any atom is -0.354 e. The molecule has 2 rings (SSSR count). The lowest BCUT2D eigenvalue weighted by Gasteiger charge is -2.04. The molecular weight excluding hydrogens is 257 g/mol. The second-order valence-corrected chi connectivity index (χ2v) is 4.53. The molecule has 1 amide bonds. The smallest absolute Gasteiger partial charge is 0.246 e. The van der Waals surface area contributed by atoms with Crippen LogP contribution in [-0.4, -0.2) is 16.2 Å². The van der Waals surface area contributed by atoms with Crippen molar-refractivity contribution < 1.29 is 9.18 Å². The molecule has 104 valence electrons. The number of hydrazone groups is 1. The van der Waals surface area contributed by atoms with E-state index < -0.39 is 0 Å². The number of nitrogens with one attached hydrogen (secondary N) is 1. The molecule has 1 N–H and O–H groups in total. The van der Waals surface area contributed by atoms with E-state index in [9.17, 15) is 9.18 Å². The van der Waals surface area contributed by atoms with E-state index in [0.29, 0.717) is 5.71 Å². The van der Waals surface area contributed by atoms with Gasteiger partial charge in [-0.25, -0.2) is 9.82 Å². The Morgan fingerprint density at radius 3 is 2.60 bits per heavy atom. The Labute approximate surface area is 116 Å². The normalized spacial score (nSPS) is 11.4. The number of nitrogens with zero attached hydrogens (tertiary/aromatic N) is 2. The maximum atomic E-state index is 12.8. The number of amides is 1. The van der Waals surface area contributed by atoms with Crippen LogP contribution >= 0.6 is 0 Å². The Bertz CT molecular complexity index is 629. The van der Waals surface area contributed by atoms with Crippen LogP contribution in [0.1, 0.15) is 18.2 Å². The topological polar surface area (TPSA) is 46.4 Å². The first-order valence-electron chi connectivity index (χ1n) is 6.25. The van der Waals surface area contributed by atoms with Gasteiger partial charge in [0.15, 0.2) is 0 Å². The number of carbonyl (C=O) groups is 1. The predicted octanol–water partition coefficient (Wildman–Crippen LogP) is 2.25. The lowest BCUT2D eigenvalue weighted by molar-refractivity contribution is -0.120. The van der Waals surface area contributed by atoms with Crippen LogP contribution in [0.25, 0.3) is 0 Å². The third-order valence-corrected chi connectivity index (χ3v) is 3.00. The maximum Gasteiger partial charge on any atom is 0.246 e. The molecule has 1 aromatic carbocycles. The van der Waals surface area contributed by atoms with Crippen molar-refractivity contribution in [1.82, 2.24) is 9.99 Å². The summed E-state index contributed by atoms with van der Waals surface area (Å²) in [5.74, 6) is -0.484. The Hall–Kier alpha value is -2.43. The molecule has 5 heteroatoms. The van der Waals surface area contributed by atoms with Crippen LogP contribution in [0.3, 0.4) is 0 Å². The third-order valence-electron chi connectivity index (χ3n) is 3.00. The van der Waals surface area contributed by atoms with Gasteiger partial charge < -0.3 is 4.57 Å². The minimum absolute atomic E-state index is 0.187. The largest absolute Gasteiger partial charge is 0.354 e. The Morgan fingerprint density at radius 1 is 1.30 bits per heavy atom. The number of rotatable bonds is 4. The highest BCUT2D eigenvalue weighted by Gasteiger charge is 2.05. The summed E-state index contributed by atoms with van der Waals surface area (Å²) in [6, 6.07) is 9.74. The molecule has 0 saturated carbocycles. The zero-order valence-electron chi connectivity index (χ0n) is 11.4. The van der Waals surface area contributed by atoms with Gasteiger partial charge in [-0.15, -0.1) is 0 Å². The van der Waals surface area contributed by atoms with Crippen molar-refractivity contribution in [3.8, 4) is 0 Å². The van der Waals surface area contributed by atoms with Gasteiger partial charge in [-0.2, -0.15) is 5.10 Å². The van der Waals surface area contributed by atoms with E-state index in [0.717, 1.165) is 11.3 Å². The van der Waals surface area contributed by atoms with Crippen LogP contribution in [-0.2, 0) is 18.3 Å². The van der Waals surface area contributed by atoms with E-state index >= 15 is 0 Å². The first-order chi connectivity index (χ1) is 9.56. The average Bonchev–Trinajstić information content (AvgIpc) is 2.82. The standard InChI is InChI=1S/C15H16FN3O/c1-11(12-5-7-13(16)8-6-12)17-18-15(20)10-14-4-3-9-19(14)2/h3-9H,10H2,1-2H3,(H,18,20)/b17-11-. The van der Waals surface area contributed by atoms with Crippen molar-refractivity contribution in [2.24, 2.45) is 12.1 Å². The molecule has 20 heavy (non-hydrogen) atoms. The van der Waals surface area contributed by atoms with E-state index in [1.807, 2.05) is 29.9 Å². The quantitative estimate of drug-likeness (QED) is 0.674. The second kappa shape index (κ2) is 6.14. The van der Waals surface area contributed by atoms with E-state index in [1.165, 1.54) is 12.1 Å². The van der Waals surface area contributed by atoms with E-state index in [2.05, 4.69) is 10.5 Å². The van der Waals surface area contributed by atoms with E-state index in [-0.39, 0.29) is 18.1 Å². The van der Waals surface area contributed by atoms with Crippen LogP contribution in [0.2, 0.25) is 0 Å². The van der Waals surface area contributed by atoms with Gasteiger partial charge in [0.05, 0.1) is 12.1 Å². The summed E-state index contributed by atoms with van der Waals surface area (Å²) >= 11 is 0. The molecular formula is C15H16FN3O. The molecule has 0 aliphatic heterocycles. The molecule has 0 saturated heterocycles. The van der Waals surface area contributed by atoms with Crippen molar-refractivity contribution in [3.05, 3.63) is 59.7 Å². The van der Waals surface area contributed by atoms with Crippen LogP contribution in [0, 0.1) is 5.82 Å². The van der Waals surface area contributed by atoms with Gasteiger partial charge in [-0.1, -0.05) is 12.1 Å². The van der Waals surface area contributed by atoms with Gasteiger partial charge in [0.1, 0.15) is 5.82 Å². The molecule has 4 nitrogen and oxygen atoms in total. The molecule has 0 atom stereocenters. The molecule has 1 heterocycles. The maximum absolute atomic E-state index is 12.8. The zero-order chi connectivity index (χ0) is 14.5. The highest BCUT2D eigenvalue weighted by atomic mass is 19.1. The van der Waals surface area contributed by atoms with E-state index in [1.54, 1.807) is 19.1 Å². The number of carbonyl (C=O) groups excluding carboxylic acids is 1. The van der Waals surface area contributed by atoms with Crippen LogP contribution in [0.4, 0.5) is 4.39 Å². The van der Waals surface area contributed by atoms with Crippen LogP contribution < -0.4 is 5.43 Å². The number of hydrogen-bond donors (Lipinski definition) is 1. The summed E-state index contributed by atoms with van der Waals surface area (Å²) < 4.78 is 14.7. The van der Waals surface area contributed by atoms with Crippen molar-refractivity contribution in [1.29, 1.82) is 0 Å². The number of hydrogen-bond acceptors (Lipinski definition) is 2. The molecule has 2 aromatic rings. The number of aromatic nitrogens is 1. The van der Waals surface area contributed by atoms with Crippen LogP contribution in [0.15, 0.2) is 47.7 Å². The van der Waals surface area contributed by atoms with Gasteiger partial charge in [0.2, 0.25) is 5.91 Å². The molecule has 0 aliphatic carbocycles. The van der Waals surface area contributed by atoms with Gasteiger partial charge in [0.25, 0.3) is 0 Å². The number of halogens is 1. The lowest BCUT2D eigenvalue weighted by atomic mass is 10.1. The molecule has 1 aromatic heterocycles. The fraction of sp³-hybridized carbons (Fsp3) is 0.200. The summed E-state index contributed by atoms with van der Waals surface area (Å²) in [7, 11) is 1.88. The van der Waals surface area contributed by atoms with Crippen molar-refractivity contribution in [2.75, 3.05) is 0 Å². The zero-order valence-corrected chi connectivity index (χ0v) is 11.4. The molecule has 0 spiro atoms. The summed E-state index contributed by atoms with van der Waals surface area (Å²) in [6.07, 6.45) is 2.15. The van der Waals surface area contributed by atoms with Crippen molar-refractivity contribution in [3.63, 3.8) is 0 Å². The molecule has 0 unspecified atom stereocenters. The van der Waals surface area contributed by atoms with E-state index in [4.69, 9.17) is 0 Å². The van der Waals surface area contributed by atoms with Gasteiger partial charge in [0, 0.05) is 18.9 Å². The van der Waals surface area contributed by atoms with Gasteiger partial charge >= 0.3 is 0 Å². The first kappa shape index (κ1) is 14.0. The minimum atomic E-state index is -0.297. The summed E-state index contributed by atoms with van der Waals surface area (Å²) in [6.45, 7) is 1.76. The predicted molar refractivity (Wildman–Crippen MR) is 75.9 cm³/mol. The molecule has 0 aliphatic rings. The van der Waals surface area contributed by atoms with Crippen molar-refractivity contribution >= 4 is 11.6 Å². The second-order valence-electron chi connectivity index (χ2n) is 4.53. The molecule has 0 bridgehead atoms. The monoisotopic (exact) mass is 273 g/mol. The highest BCUT2D eigenvalue weighted by Crippen LogP contribution is 2.04.